The van der Waals surface area contributed by atoms with Crippen molar-refractivity contribution >= 4 is 5.69 Å². The third-order valence-corrected chi connectivity index (χ3v) is 3.51. The van der Waals surface area contributed by atoms with E-state index >= 15 is 0 Å². The van der Waals surface area contributed by atoms with Gasteiger partial charge in [0.2, 0.25) is 0 Å². The van der Waals surface area contributed by atoms with Gasteiger partial charge >= 0.3 is 0 Å². The minimum atomic E-state index is 0.774. The first-order valence-electron chi connectivity index (χ1n) is 6.96. The van der Waals surface area contributed by atoms with Crippen molar-refractivity contribution in [2.45, 2.75) is 19.4 Å². The second kappa shape index (κ2) is 7.48. The summed E-state index contributed by atoms with van der Waals surface area (Å²) in [7, 11) is 1.72. The summed E-state index contributed by atoms with van der Waals surface area (Å²) >= 11 is 0. The van der Waals surface area contributed by atoms with Gasteiger partial charge in [-0.1, -0.05) is 6.07 Å². The summed E-state index contributed by atoms with van der Waals surface area (Å²) < 4.78 is 10.6. The predicted octanol–water partition coefficient (Wildman–Crippen LogP) is 1.68. The second-order valence-corrected chi connectivity index (χ2v) is 5.01. The van der Waals surface area contributed by atoms with Crippen LogP contribution in [-0.4, -0.2) is 44.9 Å². The first-order valence-corrected chi connectivity index (χ1v) is 6.96. The normalized spacial score (nSPS) is 15.4. The lowest BCUT2D eigenvalue weighted by molar-refractivity contribution is 0.0807. The summed E-state index contributed by atoms with van der Waals surface area (Å²) in [6.07, 6.45) is 2.08. The highest BCUT2D eigenvalue weighted by atomic mass is 16.5. The van der Waals surface area contributed by atoms with E-state index in [4.69, 9.17) is 15.2 Å². The zero-order valence-electron chi connectivity index (χ0n) is 11.7. The maximum absolute atomic E-state index is 5.84. The molecule has 0 atom stereocenters. The van der Waals surface area contributed by atoms with Crippen molar-refractivity contribution in [3.8, 4) is 0 Å². The number of hydrogen-bond acceptors (Lipinski definition) is 4. The monoisotopic (exact) mass is 264 g/mol. The van der Waals surface area contributed by atoms with Crippen molar-refractivity contribution in [1.29, 1.82) is 0 Å². The van der Waals surface area contributed by atoms with Crippen molar-refractivity contribution in [1.82, 2.24) is 4.90 Å². The third kappa shape index (κ3) is 4.49. The number of nitrogen functional groups attached to an aromatic ring is 1. The number of nitrogens with zero attached hydrogens (tertiary/aromatic N) is 1. The van der Waals surface area contributed by atoms with E-state index in [0.717, 1.165) is 58.0 Å². The smallest absolute Gasteiger partial charge is 0.0593 e. The highest BCUT2D eigenvalue weighted by Gasteiger charge is 2.15. The molecule has 0 radical (unpaired) electrons. The molecule has 0 amide bonds. The molecule has 1 aromatic rings. The Labute approximate surface area is 115 Å². The lowest BCUT2D eigenvalue weighted by Crippen LogP contribution is -2.33. The van der Waals surface area contributed by atoms with Gasteiger partial charge in [-0.3, -0.25) is 4.90 Å². The van der Waals surface area contributed by atoms with Gasteiger partial charge in [-0.2, -0.15) is 0 Å². The molecule has 4 nitrogen and oxygen atoms in total. The summed E-state index contributed by atoms with van der Waals surface area (Å²) in [6.45, 7) is 5.43. The molecule has 1 aliphatic rings. The second-order valence-electron chi connectivity index (χ2n) is 5.01. The third-order valence-electron chi connectivity index (χ3n) is 3.51. The molecule has 2 N–H and O–H groups in total. The molecule has 0 fully saturated rings. The molecule has 1 heterocycles. The number of ether oxygens (including phenoxy) is 2. The molecule has 0 saturated heterocycles. The predicted molar refractivity (Wildman–Crippen MR) is 77.1 cm³/mol. The fourth-order valence-corrected chi connectivity index (χ4v) is 2.43. The molecule has 19 heavy (non-hydrogen) atoms. The van der Waals surface area contributed by atoms with Crippen molar-refractivity contribution in [2.75, 3.05) is 45.8 Å². The number of benzene rings is 1. The molecule has 106 valence electrons. The summed E-state index contributed by atoms with van der Waals surface area (Å²) in [5.74, 6) is 0. The van der Waals surface area contributed by atoms with Crippen LogP contribution in [0.2, 0.25) is 0 Å². The Bertz CT molecular complexity index is 396. The number of nitrogens with two attached hydrogens (primary N) is 1. The van der Waals surface area contributed by atoms with Gasteiger partial charge in [0.05, 0.1) is 6.61 Å². The van der Waals surface area contributed by atoms with Crippen LogP contribution in [0, 0.1) is 0 Å². The van der Waals surface area contributed by atoms with Crippen LogP contribution in [0.25, 0.3) is 0 Å². The molecular formula is C15H24N2O2. The van der Waals surface area contributed by atoms with E-state index in [1.54, 1.807) is 7.11 Å². The highest BCUT2D eigenvalue weighted by Crippen LogP contribution is 2.20. The molecule has 4 heteroatoms. The van der Waals surface area contributed by atoms with Crippen LogP contribution in [0.4, 0.5) is 5.69 Å². The van der Waals surface area contributed by atoms with E-state index in [9.17, 15) is 0 Å². The fraction of sp³-hybridized carbons (Fsp3) is 0.600. The van der Waals surface area contributed by atoms with Crippen LogP contribution in [0.5, 0.6) is 0 Å². The first-order chi connectivity index (χ1) is 9.29. The molecular weight excluding hydrogens is 240 g/mol. The molecule has 2 rings (SSSR count). The van der Waals surface area contributed by atoms with Gasteiger partial charge in [-0.25, -0.2) is 0 Å². The Balaban J connectivity index is 1.70. The standard InChI is InChI=1S/C15H24N2O2/c1-18-8-2-9-19-10-7-17-6-5-13-3-4-15(16)11-14(13)12-17/h3-4,11H,2,5-10,12,16H2,1H3. The summed E-state index contributed by atoms with van der Waals surface area (Å²) in [4.78, 5) is 2.43. The van der Waals surface area contributed by atoms with Crippen LogP contribution in [0.15, 0.2) is 18.2 Å². The van der Waals surface area contributed by atoms with Crippen molar-refractivity contribution in [2.24, 2.45) is 0 Å². The summed E-state index contributed by atoms with van der Waals surface area (Å²) in [5, 5.41) is 0. The zero-order valence-corrected chi connectivity index (χ0v) is 11.7. The van der Waals surface area contributed by atoms with Crippen molar-refractivity contribution < 1.29 is 9.47 Å². The van der Waals surface area contributed by atoms with Crippen LogP contribution in [-0.2, 0) is 22.4 Å². The van der Waals surface area contributed by atoms with Crippen molar-refractivity contribution in [3.05, 3.63) is 29.3 Å². The Kier molecular flexibility index (Phi) is 5.63. The zero-order chi connectivity index (χ0) is 13.5. The Morgan fingerprint density at radius 2 is 2.11 bits per heavy atom. The maximum atomic E-state index is 5.84. The molecule has 0 spiro atoms. The van der Waals surface area contributed by atoms with Gasteiger partial charge < -0.3 is 15.2 Å². The minimum Gasteiger partial charge on any atom is -0.399 e. The van der Waals surface area contributed by atoms with E-state index in [1.807, 2.05) is 6.07 Å². The van der Waals surface area contributed by atoms with E-state index < -0.39 is 0 Å². The Morgan fingerprint density at radius 3 is 2.95 bits per heavy atom. The number of methoxy groups -OCH3 is 1. The Hall–Kier alpha value is -1.10. The quantitative estimate of drug-likeness (QED) is 0.601. The summed E-state index contributed by atoms with van der Waals surface area (Å²) in [6, 6.07) is 6.25. The van der Waals surface area contributed by atoms with Gasteiger partial charge in [0.15, 0.2) is 0 Å². The van der Waals surface area contributed by atoms with Crippen LogP contribution >= 0.6 is 0 Å². The van der Waals surface area contributed by atoms with E-state index in [2.05, 4.69) is 17.0 Å². The molecule has 0 bridgehead atoms. The molecule has 0 unspecified atom stereocenters. The molecule has 1 aromatic carbocycles. The van der Waals surface area contributed by atoms with Crippen LogP contribution in [0.3, 0.4) is 0 Å². The number of rotatable bonds is 7. The van der Waals surface area contributed by atoms with Crippen molar-refractivity contribution in [3.63, 3.8) is 0 Å². The lowest BCUT2D eigenvalue weighted by atomic mass is 9.99. The molecule has 0 saturated carbocycles. The van der Waals surface area contributed by atoms with Crippen LogP contribution in [0.1, 0.15) is 17.5 Å². The van der Waals surface area contributed by atoms with Crippen LogP contribution < -0.4 is 5.73 Å². The van der Waals surface area contributed by atoms with Gasteiger partial charge in [0.1, 0.15) is 0 Å². The molecule has 0 aliphatic carbocycles. The number of anilines is 1. The topological polar surface area (TPSA) is 47.7 Å². The van der Waals surface area contributed by atoms with E-state index in [-0.39, 0.29) is 0 Å². The van der Waals surface area contributed by atoms with Gasteiger partial charge in [0, 0.05) is 45.6 Å². The number of hydrogen-bond donors (Lipinski definition) is 1. The SMILES string of the molecule is COCCCOCCN1CCc2ccc(N)cc2C1. The summed E-state index contributed by atoms with van der Waals surface area (Å²) in [5.41, 5.74) is 9.50. The average Bonchev–Trinajstić information content (AvgIpc) is 2.42. The van der Waals surface area contributed by atoms with E-state index in [0.29, 0.717) is 0 Å². The lowest BCUT2D eigenvalue weighted by Gasteiger charge is -2.28. The highest BCUT2D eigenvalue weighted by molar-refractivity contribution is 5.45. The largest absolute Gasteiger partial charge is 0.399 e. The van der Waals surface area contributed by atoms with Gasteiger partial charge in [0.25, 0.3) is 0 Å². The maximum Gasteiger partial charge on any atom is 0.0593 e. The fourth-order valence-electron chi connectivity index (χ4n) is 2.43. The minimum absolute atomic E-state index is 0.774. The average molecular weight is 264 g/mol. The first kappa shape index (κ1) is 14.3. The van der Waals surface area contributed by atoms with Gasteiger partial charge in [-0.05, 0) is 36.1 Å². The van der Waals surface area contributed by atoms with E-state index in [1.165, 1.54) is 11.1 Å². The molecule has 0 aromatic heterocycles. The molecule has 1 aliphatic heterocycles. The Morgan fingerprint density at radius 1 is 1.21 bits per heavy atom. The number of fused-ring (bicyclic) bond motifs is 1. The van der Waals surface area contributed by atoms with Gasteiger partial charge in [-0.15, -0.1) is 0 Å².